The van der Waals surface area contributed by atoms with Gasteiger partial charge in [0.1, 0.15) is 11.5 Å². The van der Waals surface area contributed by atoms with Crippen LogP contribution in [0.2, 0.25) is 0 Å². The van der Waals surface area contributed by atoms with Gasteiger partial charge >= 0.3 is 0 Å². The molecule has 1 fully saturated rings. The van der Waals surface area contributed by atoms with Crippen LogP contribution >= 0.6 is 0 Å². The molecule has 0 aromatic heterocycles. The molecule has 27 heavy (non-hydrogen) atoms. The second-order valence-corrected chi connectivity index (χ2v) is 6.51. The fourth-order valence-corrected chi connectivity index (χ4v) is 3.55. The summed E-state index contributed by atoms with van der Waals surface area (Å²) in [4.78, 5) is 26.7. The molecule has 0 spiro atoms. The first-order valence-electron chi connectivity index (χ1n) is 8.88. The average Bonchev–Trinajstić information content (AvgIpc) is 2.72. The number of para-hydroxylation sites is 1. The molecule has 7 nitrogen and oxygen atoms in total. The lowest BCUT2D eigenvalue weighted by molar-refractivity contribution is -0.118. The Kier molecular flexibility index (Phi) is 4.68. The molecule has 0 bridgehead atoms. The van der Waals surface area contributed by atoms with Gasteiger partial charge in [-0.05, 0) is 24.3 Å². The maximum absolute atomic E-state index is 13.3. The van der Waals surface area contributed by atoms with E-state index in [1.807, 2.05) is 29.2 Å². The minimum absolute atomic E-state index is 0.00599. The van der Waals surface area contributed by atoms with Gasteiger partial charge in [0.2, 0.25) is 0 Å². The Morgan fingerprint density at radius 2 is 2.11 bits per heavy atom. The number of hydrogen-bond acceptors (Lipinski definition) is 5. The number of ether oxygens (including phenoxy) is 2. The number of methoxy groups -OCH3 is 1. The molecule has 140 valence electrons. The lowest BCUT2D eigenvalue weighted by Crippen LogP contribution is -2.48. The fraction of sp³-hybridized carbons (Fsp3) is 0.300. The third-order valence-electron chi connectivity index (χ3n) is 4.86. The number of benzene rings is 2. The van der Waals surface area contributed by atoms with Crippen LogP contribution in [0, 0.1) is 0 Å². The third-order valence-corrected chi connectivity index (χ3v) is 4.86. The summed E-state index contributed by atoms with van der Waals surface area (Å²) in [7, 11) is 1.63. The summed E-state index contributed by atoms with van der Waals surface area (Å²) >= 11 is 0. The molecule has 0 saturated carbocycles. The minimum Gasteiger partial charge on any atom is -0.496 e. The Morgan fingerprint density at radius 3 is 2.96 bits per heavy atom. The lowest BCUT2D eigenvalue weighted by atomic mass is 10.0. The van der Waals surface area contributed by atoms with E-state index >= 15 is 0 Å². The molecule has 2 aliphatic rings. The number of anilines is 1. The standard InChI is InChI=1S/C20H21N3O4/c1-26-17-5-3-2-4-14(17)16-11-21-8-9-23(16)20(25)13-6-7-18-15(10-13)22-19(24)12-27-18/h2-7,10,16,21H,8-9,11-12H2,1H3,(H,22,24). The summed E-state index contributed by atoms with van der Waals surface area (Å²) < 4.78 is 10.9. The largest absolute Gasteiger partial charge is 0.496 e. The first kappa shape index (κ1) is 17.4. The average molecular weight is 367 g/mol. The zero-order valence-corrected chi connectivity index (χ0v) is 15.0. The first-order chi connectivity index (χ1) is 13.2. The second kappa shape index (κ2) is 7.28. The van der Waals surface area contributed by atoms with Gasteiger partial charge in [-0.2, -0.15) is 0 Å². The highest BCUT2D eigenvalue weighted by molar-refractivity contribution is 6.00. The molecular formula is C20H21N3O4. The number of hydrogen-bond donors (Lipinski definition) is 2. The molecule has 1 saturated heterocycles. The van der Waals surface area contributed by atoms with Crippen LogP contribution in [0.4, 0.5) is 5.69 Å². The van der Waals surface area contributed by atoms with Gasteiger partial charge in [0.05, 0.1) is 18.8 Å². The molecule has 2 amide bonds. The molecule has 1 unspecified atom stereocenters. The maximum atomic E-state index is 13.3. The number of carbonyl (C=O) groups is 2. The molecule has 1 atom stereocenters. The highest BCUT2D eigenvalue weighted by Gasteiger charge is 2.31. The Hall–Kier alpha value is -3.06. The van der Waals surface area contributed by atoms with Crippen molar-refractivity contribution in [3.05, 3.63) is 53.6 Å². The van der Waals surface area contributed by atoms with Gasteiger partial charge in [-0.1, -0.05) is 18.2 Å². The first-order valence-corrected chi connectivity index (χ1v) is 8.88. The normalized spacial score (nSPS) is 18.9. The Morgan fingerprint density at radius 1 is 1.26 bits per heavy atom. The number of fused-ring (bicyclic) bond motifs is 1. The Balaban J connectivity index is 1.65. The molecule has 2 aliphatic heterocycles. The molecule has 4 rings (SSSR count). The maximum Gasteiger partial charge on any atom is 0.262 e. The van der Waals surface area contributed by atoms with Gasteiger partial charge < -0.3 is 25.0 Å². The van der Waals surface area contributed by atoms with Gasteiger partial charge in [-0.15, -0.1) is 0 Å². The topological polar surface area (TPSA) is 79.9 Å². The monoisotopic (exact) mass is 367 g/mol. The van der Waals surface area contributed by atoms with Crippen molar-refractivity contribution in [2.24, 2.45) is 0 Å². The predicted octanol–water partition coefficient (Wildman–Crippen LogP) is 1.81. The van der Waals surface area contributed by atoms with E-state index in [0.717, 1.165) is 17.9 Å². The summed E-state index contributed by atoms with van der Waals surface area (Å²) in [6.07, 6.45) is 0. The van der Waals surface area contributed by atoms with Gasteiger partial charge in [0.15, 0.2) is 6.61 Å². The molecule has 7 heteroatoms. The van der Waals surface area contributed by atoms with Gasteiger partial charge in [-0.3, -0.25) is 9.59 Å². The quantitative estimate of drug-likeness (QED) is 0.865. The van der Waals surface area contributed by atoms with Gasteiger partial charge in [0.25, 0.3) is 11.8 Å². The number of nitrogens with zero attached hydrogens (tertiary/aromatic N) is 1. The molecule has 2 N–H and O–H groups in total. The van der Waals surface area contributed by atoms with Crippen molar-refractivity contribution in [3.63, 3.8) is 0 Å². The van der Waals surface area contributed by atoms with E-state index in [9.17, 15) is 9.59 Å². The molecule has 2 aromatic rings. The third kappa shape index (κ3) is 3.33. The zero-order chi connectivity index (χ0) is 18.8. The van der Waals surface area contributed by atoms with E-state index in [2.05, 4.69) is 10.6 Å². The van der Waals surface area contributed by atoms with Crippen LogP contribution < -0.4 is 20.1 Å². The molecule has 0 radical (unpaired) electrons. The highest BCUT2D eigenvalue weighted by atomic mass is 16.5. The Bertz CT molecular complexity index is 883. The minimum atomic E-state index is -0.221. The van der Waals surface area contributed by atoms with E-state index in [1.54, 1.807) is 25.3 Å². The van der Waals surface area contributed by atoms with Crippen LogP contribution in [0.5, 0.6) is 11.5 Å². The number of carbonyl (C=O) groups excluding carboxylic acids is 2. The fourth-order valence-electron chi connectivity index (χ4n) is 3.55. The second-order valence-electron chi connectivity index (χ2n) is 6.51. The van der Waals surface area contributed by atoms with Crippen LogP contribution in [0.1, 0.15) is 22.0 Å². The number of rotatable bonds is 3. The predicted molar refractivity (Wildman–Crippen MR) is 100 cm³/mol. The van der Waals surface area contributed by atoms with Crippen molar-refractivity contribution < 1.29 is 19.1 Å². The molecule has 2 aromatic carbocycles. The Labute approximate surface area is 157 Å². The number of nitrogens with one attached hydrogen (secondary N) is 2. The van der Waals surface area contributed by atoms with Crippen molar-refractivity contribution >= 4 is 17.5 Å². The van der Waals surface area contributed by atoms with Crippen molar-refractivity contribution in [3.8, 4) is 11.5 Å². The van der Waals surface area contributed by atoms with Crippen molar-refractivity contribution in [2.75, 3.05) is 38.7 Å². The van der Waals surface area contributed by atoms with Crippen LogP contribution in [0.15, 0.2) is 42.5 Å². The van der Waals surface area contributed by atoms with Gasteiger partial charge in [0, 0.05) is 30.8 Å². The van der Waals surface area contributed by atoms with Crippen molar-refractivity contribution in [2.45, 2.75) is 6.04 Å². The number of amides is 2. The molecule has 0 aliphatic carbocycles. The summed E-state index contributed by atoms with van der Waals surface area (Å²) in [5.41, 5.74) is 2.01. The van der Waals surface area contributed by atoms with E-state index in [0.29, 0.717) is 30.1 Å². The summed E-state index contributed by atoms with van der Waals surface area (Å²) in [5, 5.41) is 6.10. The van der Waals surface area contributed by atoms with Crippen LogP contribution in [-0.2, 0) is 4.79 Å². The summed E-state index contributed by atoms with van der Waals surface area (Å²) in [5.74, 6) is 1.03. The van der Waals surface area contributed by atoms with Crippen molar-refractivity contribution in [1.29, 1.82) is 0 Å². The van der Waals surface area contributed by atoms with Crippen LogP contribution in [-0.4, -0.2) is 50.1 Å². The summed E-state index contributed by atoms with van der Waals surface area (Å²) in [6.45, 7) is 1.95. The van der Waals surface area contributed by atoms with Crippen molar-refractivity contribution in [1.82, 2.24) is 10.2 Å². The number of piperazine rings is 1. The van der Waals surface area contributed by atoms with E-state index < -0.39 is 0 Å². The van der Waals surface area contributed by atoms with E-state index in [1.165, 1.54) is 0 Å². The SMILES string of the molecule is COc1ccccc1C1CNCCN1C(=O)c1ccc2c(c1)NC(=O)CO2. The zero-order valence-electron chi connectivity index (χ0n) is 15.0. The summed E-state index contributed by atoms with van der Waals surface area (Å²) in [6, 6.07) is 12.7. The van der Waals surface area contributed by atoms with E-state index in [-0.39, 0.29) is 24.5 Å². The molecule has 2 heterocycles. The highest BCUT2D eigenvalue weighted by Crippen LogP contribution is 2.33. The molecular weight excluding hydrogens is 346 g/mol. The van der Waals surface area contributed by atoms with Crippen LogP contribution in [0.3, 0.4) is 0 Å². The lowest BCUT2D eigenvalue weighted by Gasteiger charge is -2.37. The van der Waals surface area contributed by atoms with Crippen LogP contribution in [0.25, 0.3) is 0 Å². The smallest absolute Gasteiger partial charge is 0.262 e. The van der Waals surface area contributed by atoms with E-state index in [4.69, 9.17) is 9.47 Å². The van der Waals surface area contributed by atoms with Gasteiger partial charge in [-0.25, -0.2) is 0 Å².